The molecule has 1 spiro atoms. The number of rotatable bonds is 0. The number of hydrogen-bond acceptors (Lipinski definition) is 6. The number of phenolic OH excluding ortho intramolecular Hbond substituents is 1. The number of aliphatic hydroxyl groups is 3. The van der Waals surface area contributed by atoms with Crippen molar-refractivity contribution in [2.75, 3.05) is 13.6 Å². The van der Waals surface area contributed by atoms with Gasteiger partial charge < -0.3 is 30.1 Å². The van der Waals surface area contributed by atoms with E-state index in [1.807, 2.05) is 13.1 Å². The predicted octanol–water partition coefficient (Wildman–Crippen LogP) is -0.492. The van der Waals surface area contributed by atoms with Gasteiger partial charge in [-0.15, -0.1) is 0 Å². The minimum absolute atomic E-state index is 0.0361. The van der Waals surface area contributed by atoms with E-state index in [1.54, 1.807) is 6.07 Å². The van der Waals surface area contributed by atoms with Gasteiger partial charge in [0.1, 0.15) is 11.7 Å². The van der Waals surface area contributed by atoms with Crippen LogP contribution in [0.4, 0.5) is 0 Å². The molecule has 1 saturated carbocycles. The van der Waals surface area contributed by atoms with E-state index in [0.717, 1.165) is 17.7 Å². The van der Waals surface area contributed by atoms with Crippen molar-refractivity contribution in [3.8, 4) is 11.5 Å². The molecule has 0 aromatic heterocycles. The number of likely N-dealkylation sites (tertiary alicyclic amines) is 1. The quantitative estimate of drug-likeness (QED) is 0.516. The molecule has 4 aliphatic rings. The highest BCUT2D eigenvalue weighted by atomic mass is 16.5. The maximum Gasteiger partial charge on any atom is 0.165 e. The Balaban J connectivity index is 1.87. The zero-order chi connectivity index (χ0) is 16.1. The predicted molar refractivity (Wildman–Crippen MR) is 80.5 cm³/mol. The van der Waals surface area contributed by atoms with Crippen LogP contribution in [0.15, 0.2) is 12.1 Å². The summed E-state index contributed by atoms with van der Waals surface area (Å²) < 4.78 is 5.98. The lowest BCUT2D eigenvalue weighted by atomic mass is 9.48. The molecule has 6 atom stereocenters. The van der Waals surface area contributed by atoms with Gasteiger partial charge in [-0.1, -0.05) is 6.07 Å². The SMILES string of the molecule is CN1CC[C@]23c4c5ccc(O)c4O[C@H]2[C@@H](O)CC(O)[C@@]3(O)[C@H]1C5. The maximum atomic E-state index is 11.7. The van der Waals surface area contributed by atoms with E-state index in [1.165, 1.54) is 0 Å². The molecule has 2 aliphatic carbocycles. The highest BCUT2D eigenvalue weighted by Gasteiger charge is 2.75. The summed E-state index contributed by atoms with van der Waals surface area (Å²) in [5.74, 6) is 0.413. The molecule has 2 aliphatic heterocycles. The second kappa shape index (κ2) is 4.00. The van der Waals surface area contributed by atoms with Gasteiger partial charge in [0.05, 0.1) is 17.6 Å². The van der Waals surface area contributed by atoms with E-state index in [-0.39, 0.29) is 18.2 Å². The van der Waals surface area contributed by atoms with E-state index in [4.69, 9.17) is 4.74 Å². The van der Waals surface area contributed by atoms with Crippen LogP contribution in [0.1, 0.15) is 24.0 Å². The monoisotopic (exact) mass is 319 g/mol. The zero-order valence-corrected chi connectivity index (χ0v) is 12.9. The van der Waals surface area contributed by atoms with Crippen molar-refractivity contribution in [3.63, 3.8) is 0 Å². The Morgan fingerprint density at radius 1 is 1.30 bits per heavy atom. The first-order valence-electron chi connectivity index (χ1n) is 8.22. The Labute approximate surface area is 133 Å². The molecule has 1 aromatic rings. The lowest BCUT2D eigenvalue weighted by Gasteiger charge is -2.64. The number of ether oxygens (including phenoxy) is 1. The van der Waals surface area contributed by atoms with Crippen molar-refractivity contribution in [3.05, 3.63) is 23.3 Å². The van der Waals surface area contributed by atoms with Crippen molar-refractivity contribution in [1.82, 2.24) is 4.90 Å². The summed E-state index contributed by atoms with van der Waals surface area (Å²) in [6.07, 6.45) is -1.26. The van der Waals surface area contributed by atoms with Gasteiger partial charge in [0.2, 0.25) is 0 Å². The molecular formula is C17H21NO5. The second-order valence-corrected chi connectivity index (χ2v) is 7.55. The van der Waals surface area contributed by atoms with Crippen molar-refractivity contribution < 1.29 is 25.2 Å². The van der Waals surface area contributed by atoms with Gasteiger partial charge in [0.15, 0.2) is 11.5 Å². The van der Waals surface area contributed by atoms with Gasteiger partial charge in [-0.05, 0) is 38.1 Å². The molecule has 0 radical (unpaired) electrons. The Bertz CT molecular complexity index is 708. The third-order valence-electron chi connectivity index (χ3n) is 6.75. The summed E-state index contributed by atoms with van der Waals surface area (Å²) in [4.78, 5) is 2.09. The number of hydrogen-bond donors (Lipinski definition) is 4. The highest BCUT2D eigenvalue weighted by Crippen LogP contribution is 2.65. The number of piperidine rings is 1. The molecule has 2 bridgehead atoms. The molecule has 2 heterocycles. The second-order valence-electron chi connectivity index (χ2n) is 7.55. The first kappa shape index (κ1) is 14.0. The van der Waals surface area contributed by atoms with Crippen LogP contribution in [0.5, 0.6) is 11.5 Å². The van der Waals surface area contributed by atoms with Crippen LogP contribution in [-0.4, -0.2) is 68.9 Å². The van der Waals surface area contributed by atoms with Crippen molar-refractivity contribution in [2.24, 2.45) is 0 Å². The number of aromatic hydroxyl groups is 1. The smallest absolute Gasteiger partial charge is 0.165 e. The molecule has 6 nitrogen and oxygen atoms in total. The van der Waals surface area contributed by atoms with Crippen LogP contribution in [0.3, 0.4) is 0 Å². The Morgan fingerprint density at radius 2 is 2.09 bits per heavy atom. The molecule has 6 heteroatoms. The van der Waals surface area contributed by atoms with Crippen LogP contribution in [-0.2, 0) is 11.8 Å². The topological polar surface area (TPSA) is 93.4 Å². The average Bonchev–Trinajstić information content (AvgIpc) is 2.86. The minimum Gasteiger partial charge on any atom is -0.504 e. The van der Waals surface area contributed by atoms with Crippen molar-refractivity contribution in [2.45, 2.75) is 54.6 Å². The van der Waals surface area contributed by atoms with Gasteiger partial charge in [-0.3, -0.25) is 0 Å². The maximum absolute atomic E-state index is 11.7. The van der Waals surface area contributed by atoms with Gasteiger partial charge in [0, 0.05) is 18.0 Å². The molecule has 124 valence electrons. The van der Waals surface area contributed by atoms with Crippen LogP contribution < -0.4 is 4.74 Å². The Hall–Kier alpha value is -1.34. The molecule has 4 N–H and O–H groups in total. The number of likely N-dealkylation sites (N-methyl/N-ethyl adjacent to an activating group) is 1. The fraction of sp³-hybridized carbons (Fsp3) is 0.647. The minimum atomic E-state index is -1.38. The van der Waals surface area contributed by atoms with Crippen molar-refractivity contribution in [1.29, 1.82) is 0 Å². The highest BCUT2D eigenvalue weighted by molar-refractivity contribution is 5.62. The molecule has 5 rings (SSSR count). The molecule has 1 saturated heterocycles. The van der Waals surface area contributed by atoms with Gasteiger partial charge in [0.25, 0.3) is 0 Å². The summed E-state index contributed by atoms with van der Waals surface area (Å²) in [5.41, 5.74) is -0.409. The van der Waals surface area contributed by atoms with Crippen LogP contribution in [0.2, 0.25) is 0 Å². The summed E-state index contributed by atoms with van der Waals surface area (Å²) in [6, 6.07) is 3.26. The van der Waals surface area contributed by atoms with Crippen LogP contribution >= 0.6 is 0 Å². The first-order valence-corrected chi connectivity index (χ1v) is 8.22. The molecule has 23 heavy (non-hydrogen) atoms. The van der Waals surface area contributed by atoms with Gasteiger partial charge in [-0.25, -0.2) is 0 Å². The summed E-state index contributed by atoms with van der Waals surface area (Å²) >= 11 is 0. The van der Waals surface area contributed by atoms with Gasteiger partial charge >= 0.3 is 0 Å². The van der Waals surface area contributed by atoms with E-state index in [0.29, 0.717) is 18.6 Å². The molecule has 0 amide bonds. The molecule has 2 fully saturated rings. The number of phenols is 1. The summed E-state index contributed by atoms with van der Waals surface area (Å²) in [5, 5.41) is 43.2. The van der Waals surface area contributed by atoms with Crippen LogP contribution in [0, 0.1) is 0 Å². The molecule has 1 aromatic carbocycles. The Morgan fingerprint density at radius 3 is 2.87 bits per heavy atom. The van der Waals surface area contributed by atoms with Crippen LogP contribution in [0.25, 0.3) is 0 Å². The lowest BCUT2D eigenvalue weighted by Crippen LogP contribution is -2.81. The lowest BCUT2D eigenvalue weighted by molar-refractivity contribution is -0.251. The largest absolute Gasteiger partial charge is 0.504 e. The van der Waals surface area contributed by atoms with Crippen molar-refractivity contribution >= 4 is 0 Å². The number of benzene rings is 1. The summed E-state index contributed by atoms with van der Waals surface area (Å²) in [7, 11) is 1.96. The van der Waals surface area contributed by atoms with Gasteiger partial charge in [-0.2, -0.15) is 0 Å². The van der Waals surface area contributed by atoms with E-state index in [2.05, 4.69) is 4.90 Å². The fourth-order valence-electron chi connectivity index (χ4n) is 5.78. The number of aliphatic hydroxyl groups excluding tert-OH is 2. The standard InChI is InChI=1S/C17H21NO5/c1-18-5-4-16-13-8-2-3-9(19)14(13)23-15(16)10(20)7-12(21)17(16,22)11(18)6-8/h2-3,10-12,15,19-22H,4-7H2,1H3/t10-,11+,12?,15-,16-,17-/m0/s1. The van der Waals surface area contributed by atoms with E-state index in [9.17, 15) is 20.4 Å². The summed E-state index contributed by atoms with van der Waals surface area (Å²) in [6.45, 7) is 0.751. The normalized spacial score (nSPS) is 47.1. The molecule has 1 unspecified atom stereocenters. The number of nitrogens with zero attached hydrogens (tertiary/aromatic N) is 1. The third-order valence-corrected chi connectivity index (χ3v) is 6.75. The van der Waals surface area contributed by atoms with E-state index >= 15 is 0 Å². The average molecular weight is 319 g/mol. The fourth-order valence-corrected chi connectivity index (χ4v) is 5.78. The first-order chi connectivity index (χ1) is 10.9. The third kappa shape index (κ3) is 1.29. The molecular weight excluding hydrogens is 298 g/mol. The Kier molecular flexibility index (Phi) is 2.44. The van der Waals surface area contributed by atoms with E-state index < -0.39 is 29.3 Å². The zero-order valence-electron chi connectivity index (χ0n) is 12.9.